The molecule has 0 bridgehead atoms. The van der Waals surface area contributed by atoms with E-state index in [1.165, 1.54) is 24.3 Å². The fourth-order valence-corrected chi connectivity index (χ4v) is 1.32. The molecule has 0 radical (unpaired) electrons. The van der Waals surface area contributed by atoms with Crippen molar-refractivity contribution < 1.29 is 39.9 Å². The average Bonchev–Trinajstić information content (AvgIpc) is 2.45. The fourth-order valence-electron chi connectivity index (χ4n) is 1.32. The van der Waals surface area contributed by atoms with Gasteiger partial charge >= 0.3 is 11.9 Å². The van der Waals surface area contributed by atoms with Crippen LogP contribution in [0.1, 0.15) is 12.5 Å². The first-order chi connectivity index (χ1) is 10.1. The predicted molar refractivity (Wildman–Crippen MR) is 74.0 cm³/mol. The Balaban J connectivity index is 2.58. The van der Waals surface area contributed by atoms with Crippen molar-refractivity contribution in [2.75, 3.05) is 6.61 Å². The third kappa shape index (κ3) is 4.47. The number of benzene rings is 1. The van der Waals surface area contributed by atoms with Gasteiger partial charge in [0, 0.05) is 6.08 Å². The van der Waals surface area contributed by atoms with E-state index in [-0.39, 0.29) is 11.5 Å². The summed E-state index contributed by atoms with van der Waals surface area (Å²) in [5, 5.41) is 45.9. The van der Waals surface area contributed by atoms with Gasteiger partial charge in [0.2, 0.25) is 0 Å². The standard InChI is InChI=1S/C14H16O8/c1-14(21,13(19)20)11(17)7-22-12(18)5-3-8-2-4-9(15)10(16)6-8/h2-6,11,15-17,21H,7H2,1H3,(H,19,20)/t11-,14+/m1/s1. The number of carboxylic acids is 1. The van der Waals surface area contributed by atoms with Crippen LogP contribution in [0.3, 0.4) is 0 Å². The van der Waals surface area contributed by atoms with Crippen LogP contribution in [-0.4, -0.2) is 55.8 Å². The second kappa shape index (κ2) is 6.92. The second-order valence-electron chi connectivity index (χ2n) is 4.68. The molecule has 1 rings (SSSR count). The molecule has 0 saturated carbocycles. The van der Waals surface area contributed by atoms with E-state index in [0.29, 0.717) is 5.56 Å². The van der Waals surface area contributed by atoms with Crippen molar-refractivity contribution in [3.8, 4) is 11.5 Å². The van der Waals surface area contributed by atoms with Crippen LogP contribution in [0, 0.1) is 0 Å². The van der Waals surface area contributed by atoms with Gasteiger partial charge in [-0.05, 0) is 30.7 Å². The van der Waals surface area contributed by atoms with E-state index in [9.17, 15) is 24.9 Å². The Kier molecular flexibility index (Phi) is 5.50. The van der Waals surface area contributed by atoms with E-state index < -0.39 is 30.3 Å². The van der Waals surface area contributed by atoms with Gasteiger partial charge < -0.3 is 30.3 Å². The third-order valence-corrected chi connectivity index (χ3v) is 2.88. The quantitative estimate of drug-likeness (QED) is 0.277. The van der Waals surface area contributed by atoms with Gasteiger partial charge in [0.1, 0.15) is 12.7 Å². The number of aliphatic hydroxyl groups is 2. The van der Waals surface area contributed by atoms with Crippen LogP contribution in [0.2, 0.25) is 0 Å². The normalized spacial score (nSPS) is 15.2. The molecule has 22 heavy (non-hydrogen) atoms. The number of ether oxygens (including phenoxy) is 1. The number of hydrogen-bond donors (Lipinski definition) is 5. The first-order valence-electron chi connectivity index (χ1n) is 6.15. The van der Waals surface area contributed by atoms with Gasteiger partial charge in [-0.2, -0.15) is 0 Å². The van der Waals surface area contributed by atoms with Crippen molar-refractivity contribution in [1.82, 2.24) is 0 Å². The summed E-state index contributed by atoms with van der Waals surface area (Å²) in [5.41, 5.74) is -2.03. The van der Waals surface area contributed by atoms with Crippen LogP contribution in [-0.2, 0) is 14.3 Å². The topological polar surface area (TPSA) is 145 Å². The van der Waals surface area contributed by atoms with E-state index >= 15 is 0 Å². The van der Waals surface area contributed by atoms with E-state index in [0.717, 1.165) is 13.0 Å². The van der Waals surface area contributed by atoms with E-state index in [1.807, 2.05) is 0 Å². The first-order valence-corrected chi connectivity index (χ1v) is 6.15. The van der Waals surface area contributed by atoms with Crippen molar-refractivity contribution in [1.29, 1.82) is 0 Å². The zero-order valence-electron chi connectivity index (χ0n) is 11.6. The smallest absolute Gasteiger partial charge is 0.338 e. The summed E-state index contributed by atoms with van der Waals surface area (Å²) in [5.74, 6) is -3.19. The Hall–Kier alpha value is -2.58. The maximum absolute atomic E-state index is 11.4. The minimum atomic E-state index is -2.44. The molecule has 2 atom stereocenters. The molecule has 0 aromatic heterocycles. The van der Waals surface area contributed by atoms with Crippen molar-refractivity contribution >= 4 is 18.0 Å². The number of phenols is 2. The maximum atomic E-state index is 11.4. The SMILES string of the molecule is C[C@@](O)(C(=O)O)[C@H](O)COC(=O)C=Cc1ccc(O)c(O)c1. The van der Waals surface area contributed by atoms with E-state index in [1.54, 1.807) is 0 Å². The van der Waals surface area contributed by atoms with Crippen molar-refractivity contribution in [2.24, 2.45) is 0 Å². The molecule has 1 aromatic carbocycles. The average molecular weight is 312 g/mol. The molecule has 0 saturated heterocycles. The lowest BCUT2D eigenvalue weighted by Gasteiger charge is -2.23. The number of carbonyl (C=O) groups excluding carboxylic acids is 1. The zero-order valence-corrected chi connectivity index (χ0v) is 11.6. The van der Waals surface area contributed by atoms with E-state index in [4.69, 9.17) is 10.2 Å². The van der Waals surface area contributed by atoms with Crippen LogP contribution in [0.4, 0.5) is 0 Å². The third-order valence-electron chi connectivity index (χ3n) is 2.88. The Morgan fingerprint density at radius 1 is 1.32 bits per heavy atom. The van der Waals surface area contributed by atoms with Gasteiger partial charge in [-0.15, -0.1) is 0 Å². The summed E-state index contributed by atoms with van der Waals surface area (Å²) in [7, 11) is 0. The molecule has 5 N–H and O–H groups in total. The number of hydrogen-bond acceptors (Lipinski definition) is 7. The van der Waals surface area contributed by atoms with Crippen LogP contribution in [0.25, 0.3) is 6.08 Å². The summed E-state index contributed by atoms with van der Waals surface area (Å²) in [4.78, 5) is 22.1. The summed E-state index contributed by atoms with van der Waals surface area (Å²) in [6.45, 7) is 0.173. The molecule has 8 heteroatoms. The molecular weight excluding hydrogens is 296 g/mol. The van der Waals surface area contributed by atoms with Gasteiger partial charge in [-0.25, -0.2) is 9.59 Å². The summed E-state index contributed by atoms with van der Waals surface area (Å²) in [6, 6.07) is 3.88. The number of aromatic hydroxyl groups is 2. The zero-order chi connectivity index (χ0) is 16.9. The Morgan fingerprint density at radius 2 is 1.95 bits per heavy atom. The minimum absolute atomic E-state index is 0.307. The summed E-state index contributed by atoms with van der Waals surface area (Å²) < 4.78 is 4.61. The Morgan fingerprint density at radius 3 is 2.50 bits per heavy atom. The van der Waals surface area contributed by atoms with Crippen LogP contribution >= 0.6 is 0 Å². The monoisotopic (exact) mass is 312 g/mol. The maximum Gasteiger partial charge on any atom is 0.338 e. The lowest BCUT2D eigenvalue weighted by atomic mass is 10.0. The van der Waals surface area contributed by atoms with Crippen molar-refractivity contribution in [3.05, 3.63) is 29.8 Å². The number of rotatable bonds is 6. The van der Waals surface area contributed by atoms with Gasteiger partial charge in [-0.1, -0.05) is 6.07 Å². The molecule has 0 fully saturated rings. The molecular formula is C14H16O8. The number of aliphatic carboxylic acids is 1. The van der Waals surface area contributed by atoms with Gasteiger partial charge in [0.05, 0.1) is 0 Å². The number of esters is 1. The molecule has 120 valence electrons. The fraction of sp³-hybridized carbons (Fsp3) is 0.286. The summed E-state index contributed by atoms with van der Waals surface area (Å²) >= 11 is 0. The number of carbonyl (C=O) groups is 2. The highest BCUT2D eigenvalue weighted by Gasteiger charge is 2.39. The largest absolute Gasteiger partial charge is 0.504 e. The highest BCUT2D eigenvalue weighted by molar-refractivity contribution is 5.87. The highest BCUT2D eigenvalue weighted by Crippen LogP contribution is 2.25. The molecule has 0 aliphatic rings. The second-order valence-corrected chi connectivity index (χ2v) is 4.68. The van der Waals surface area contributed by atoms with Crippen LogP contribution in [0.15, 0.2) is 24.3 Å². The van der Waals surface area contributed by atoms with Crippen molar-refractivity contribution in [3.63, 3.8) is 0 Å². The number of carboxylic acid groups (broad SMARTS) is 1. The molecule has 0 heterocycles. The van der Waals surface area contributed by atoms with Crippen LogP contribution < -0.4 is 0 Å². The molecule has 1 aromatic rings. The molecule has 0 aliphatic heterocycles. The molecule has 0 unspecified atom stereocenters. The van der Waals surface area contributed by atoms with E-state index in [2.05, 4.69) is 4.74 Å². The van der Waals surface area contributed by atoms with Gasteiger partial charge in [-0.3, -0.25) is 0 Å². The van der Waals surface area contributed by atoms with Gasteiger partial charge in [0.25, 0.3) is 0 Å². The minimum Gasteiger partial charge on any atom is -0.504 e. The number of phenolic OH excluding ortho intramolecular Hbond substituents is 2. The molecule has 8 nitrogen and oxygen atoms in total. The highest BCUT2D eigenvalue weighted by atomic mass is 16.5. The lowest BCUT2D eigenvalue weighted by Crippen LogP contribution is -2.49. The lowest BCUT2D eigenvalue weighted by molar-refractivity contribution is -0.175. The molecule has 0 spiro atoms. The van der Waals surface area contributed by atoms with Crippen LogP contribution in [0.5, 0.6) is 11.5 Å². The number of aliphatic hydroxyl groups excluding tert-OH is 1. The Bertz CT molecular complexity index is 591. The first kappa shape index (κ1) is 17.5. The molecule has 0 aliphatic carbocycles. The predicted octanol–water partition coefficient (Wildman–Crippen LogP) is -0.149. The van der Waals surface area contributed by atoms with Crippen molar-refractivity contribution in [2.45, 2.75) is 18.6 Å². The molecule has 0 amide bonds. The summed E-state index contributed by atoms with van der Waals surface area (Å²) in [6.07, 6.45) is 0.470. The van der Waals surface area contributed by atoms with Gasteiger partial charge in [0.15, 0.2) is 17.1 Å². The Labute approximate surface area is 125 Å².